The molecule has 2 unspecified atom stereocenters. The number of thioether (sulfide) groups is 1. The predicted octanol–water partition coefficient (Wildman–Crippen LogP) is 6.14. The van der Waals surface area contributed by atoms with Crippen LogP contribution in [-0.2, 0) is 16.4 Å². The van der Waals surface area contributed by atoms with Crippen molar-refractivity contribution in [2.75, 3.05) is 15.8 Å². The average Bonchev–Trinajstić information content (AvgIpc) is 3.53. The Morgan fingerprint density at radius 1 is 1.17 bits per heavy atom. The van der Waals surface area contributed by atoms with Crippen molar-refractivity contribution in [2.24, 2.45) is 5.92 Å². The zero-order valence-corrected chi connectivity index (χ0v) is 19.4. The zero-order chi connectivity index (χ0) is 20.9. The van der Waals surface area contributed by atoms with Crippen LogP contribution in [0.15, 0.2) is 51.8 Å². The van der Waals surface area contributed by atoms with E-state index in [4.69, 9.17) is 0 Å². The number of halogens is 3. The molecule has 5 rings (SSSR count). The van der Waals surface area contributed by atoms with Gasteiger partial charge in [0.25, 0.3) is 0 Å². The second kappa shape index (κ2) is 8.10. The SMILES string of the molecule is O=S(c1cccc(OC(F)F)c1)N1c2ccc(Br)cc2C2(CCSCC2)C1C1CC1. The molecule has 2 fully saturated rings. The molecule has 2 aromatic carbocycles. The molecular formula is C22H22BrF2NO2S2. The number of ether oxygens (including phenoxy) is 1. The fourth-order valence-electron chi connectivity index (χ4n) is 5.05. The minimum absolute atomic E-state index is 0.00171. The van der Waals surface area contributed by atoms with Crippen LogP contribution in [0.4, 0.5) is 14.5 Å². The van der Waals surface area contributed by atoms with Gasteiger partial charge in [0, 0.05) is 9.89 Å². The third kappa shape index (κ3) is 3.58. The standard InChI is InChI=1S/C22H22BrF2NO2S2/c23-15-6-7-19-18(12-15)22(8-10-29-11-9-22)20(14-4-5-14)26(19)30(27)17-3-1-2-16(13-17)28-21(24)25/h1-3,6-7,12-14,20-21H,4-5,8-11H2. The van der Waals surface area contributed by atoms with Crippen molar-refractivity contribution in [3.63, 3.8) is 0 Å². The molecule has 3 aliphatic rings. The van der Waals surface area contributed by atoms with Gasteiger partial charge in [0.2, 0.25) is 0 Å². The highest BCUT2D eigenvalue weighted by molar-refractivity contribution is 9.10. The van der Waals surface area contributed by atoms with Gasteiger partial charge in [-0.2, -0.15) is 20.5 Å². The monoisotopic (exact) mass is 513 g/mol. The average molecular weight is 514 g/mol. The summed E-state index contributed by atoms with van der Waals surface area (Å²) in [6.07, 6.45) is 4.45. The molecule has 2 atom stereocenters. The fraction of sp³-hybridized carbons (Fsp3) is 0.455. The Hall–Kier alpha value is -1.12. The van der Waals surface area contributed by atoms with Crippen LogP contribution in [0.25, 0.3) is 0 Å². The van der Waals surface area contributed by atoms with Crippen LogP contribution < -0.4 is 9.04 Å². The maximum absolute atomic E-state index is 13.9. The molecule has 1 spiro atoms. The summed E-state index contributed by atoms with van der Waals surface area (Å²) in [7, 11) is -1.50. The van der Waals surface area contributed by atoms with Crippen molar-refractivity contribution in [1.82, 2.24) is 0 Å². The molecule has 0 aromatic heterocycles. The maximum atomic E-state index is 13.9. The van der Waals surface area contributed by atoms with Gasteiger partial charge in [0.1, 0.15) is 5.75 Å². The van der Waals surface area contributed by atoms with Crippen molar-refractivity contribution >= 4 is 44.4 Å². The molecule has 1 saturated carbocycles. The first-order valence-electron chi connectivity index (χ1n) is 10.1. The molecule has 1 saturated heterocycles. The van der Waals surface area contributed by atoms with E-state index in [1.54, 1.807) is 12.1 Å². The van der Waals surface area contributed by atoms with Gasteiger partial charge in [0.15, 0.2) is 11.0 Å². The van der Waals surface area contributed by atoms with Crippen molar-refractivity contribution in [3.05, 3.63) is 52.5 Å². The lowest BCUT2D eigenvalue weighted by Gasteiger charge is -2.41. The molecule has 2 aromatic rings. The fourth-order valence-corrected chi connectivity index (χ4v) is 8.19. The number of hydrogen-bond donors (Lipinski definition) is 0. The quantitative estimate of drug-likeness (QED) is 0.481. The Labute approximate surface area is 190 Å². The Morgan fingerprint density at radius 3 is 2.63 bits per heavy atom. The van der Waals surface area contributed by atoms with E-state index in [2.05, 4.69) is 37.1 Å². The second-order valence-electron chi connectivity index (χ2n) is 8.14. The first-order chi connectivity index (χ1) is 14.5. The number of rotatable bonds is 5. The van der Waals surface area contributed by atoms with Crippen LogP contribution in [0, 0.1) is 5.92 Å². The molecule has 0 radical (unpaired) electrons. The van der Waals surface area contributed by atoms with Crippen LogP contribution in [0.3, 0.4) is 0 Å². The first-order valence-corrected chi connectivity index (χ1v) is 13.2. The number of hydrogen-bond acceptors (Lipinski definition) is 3. The Balaban J connectivity index is 1.60. The van der Waals surface area contributed by atoms with Gasteiger partial charge in [-0.15, -0.1) is 0 Å². The normalized spacial score (nSPS) is 23.6. The third-order valence-electron chi connectivity index (χ3n) is 6.42. The molecule has 0 N–H and O–H groups in total. The number of nitrogens with zero attached hydrogens (tertiary/aromatic N) is 1. The molecule has 2 heterocycles. The van der Waals surface area contributed by atoms with Crippen LogP contribution in [0.1, 0.15) is 31.2 Å². The lowest BCUT2D eigenvalue weighted by atomic mass is 9.70. The molecular weight excluding hydrogens is 492 g/mol. The van der Waals surface area contributed by atoms with Gasteiger partial charge in [-0.1, -0.05) is 22.0 Å². The third-order valence-corrected chi connectivity index (χ3v) is 9.33. The van der Waals surface area contributed by atoms with Crippen LogP contribution >= 0.6 is 27.7 Å². The van der Waals surface area contributed by atoms with Crippen molar-refractivity contribution < 1.29 is 17.7 Å². The van der Waals surface area contributed by atoms with E-state index in [-0.39, 0.29) is 17.2 Å². The highest BCUT2D eigenvalue weighted by Crippen LogP contribution is 2.59. The summed E-state index contributed by atoms with van der Waals surface area (Å²) in [6, 6.07) is 12.7. The minimum Gasteiger partial charge on any atom is -0.435 e. The van der Waals surface area contributed by atoms with Crippen LogP contribution in [0.2, 0.25) is 0 Å². The lowest BCUT2D eigenvalue weighted by Crippen LogP contribution is -2.49. The van der Waals surface area contributed by atoms with Crippen molar-refractivity contribution in [2.45, 2.75) is 48.6 Å². The van der Waals surface area contributed by atoms with E-state index in [9.17, 15) is 13.0 Å². The molecule has 0 amide bonds. The van der Waals surface area contributed by atoms with Crippen LogP contribution in [0.5, 0.6) is 5.75 Å². The molecule has 2 aliphatic heterocycles. The van der Waals surface area contributed by atoms with E-state index in [0.717, 1.165) is 47.3 Å². The minimum atomic E-state index is -2.90. The summed E-state index contributed by atoms with van der Waals surface area (Å²) in [5.41, 5.74) is 2.29. The van der Waals surface area contributed by atoms with E-state index in [1.165, 1.54) is 17.7 Å². The molecule has 0 bridgehead atoms. The Morgan fingerprint density at radius 2 is 1.93 bits per heavy atom. The Bertz CT molecular complexity index is 979. The second-order valence-corrected chi connectivity index (χ2v) is 11.6. The van der Waals surface area contributed by atoms with Gasteiger partial charge < -0.3 is 4.74 Å². The summed E-state index contributed by atoms with van der Waals surface area (Å²) in [4.78, 5) is 0.495. The smallest absolute Gasteiger partial charge is 0.387 e. The topological polar surface area (TPSA) is 29.5 Å². The van der Waals surface area contributed by atoms with Gasteiger partial charge in [-0.05, 0) is 85.1 Å². The number of fused-ring (bicyclic) bond motifs is 2. The van der Waals surface area contributed by atoms with Gasteiger partial charge >= 0.3 is 6.61 Å². The lowest BCUT2D eigenvalue weighted by molar-refractivity contribution is -0.0499. The van der Waals surface area contributed by atoms with Crippen molar-refractivity contribution in [1.29, 1.82) is 0 Å². The van der Waals surface area contributed by atoms with E-state index in [1.807, 2.05) is 17.8 Å². The summed E-state index contributed by atoms with van der Waals surface area (Å²) in [5, 5.41) is 0. The summed E-state index contributed by atoms with van der Waals surface area (Å²) in [6.45, 7) is -2.90. The molecule has 8 heteroatoms. The molecule has 30 heavy (non-hydrogen) atoms. The summed E-state index contributed by atoms with van der Waals surface area (Å²) in [5.74, 6) is 2.77. The highest BCUT2D eigenvalue weighted by Gasteiger charge is 2.58. The van der Waals surface area contributed by atoms with Gasteiger partial charge in [0.05, 0.1) is 16.6 Å². The first kappa shape index (κ1) is 20.8. The summed E-state index contributed by atoms with van der Waals surface area (Å²) < 4.78 is 46.9. The van der Waals surface area contributed by atoms with E-state index in [0.29, 0.717) is 10.8 Å². The predicted molar refractivity (Wildman–Crippen MR) is 121 cm³/mol. The van der Waals surface area contributed by atoms with Gasteiger partial charge in [-0.25, -0.2) is 4.21 Å². The van der Waals surface area contributed by atoms with E-state index >= 15 is 0 Å². The molecule has 1 aliphatic carbocycles. The van der Waals surface area contributed by atoms with E-state index < -0.39 is 17.6 Å². The molecule has 160 valence electrons. The number of anilines is 1. The number of alkyl halides is 2. The number of benzene rings is 2. The maximum Gasteiger partial charge on any atom is 0.387 e. The Kier molecular flexibility index (Phi) is 5.60. The van der Waals surface area contributed by atoms with Crippen LogP contribution in [-0.4, -0.2) is 28.4 Å². The van der Waals surface area contributed by atoms with Crippen molar-refractivity contribution in [3.8, 4) is 5.75 Å². The zero-order valence-electron chi connectivity index (χ0n) is 16.2. The summed E-state index contributed by atoms with van der Waals surface area (Å²) >= 11 is 5.62. The largest absolute Gasteiger partial charge is 0.435 e. The molecule has 3 nitrogen and oxygen atoms in total. The van der Waals surface area contributed by atoms with Gasteiger partial charge in [-0.3, -0.25) is 4.31 Å². The highest BCUT2D eigenvalue weighted by atomic mass is 79.9.